The molecule has 4 N–H and O–H groups in total. The quantitative estimate of drug-likeness (QED) is 0.422. The molecule has 0 aliphatic carbocycles. The number of nitrogens with one attached hydrogen (secondary N) is 2. The highest BCUT2D eigenvalue weighted by Crippen LogP contribution is 2.22. The second kappa shape index (κ2) is 13.0. The van der Waals surface area contributed by atoms with Crippen LogP contribution >= 0.6 is 11.8 Å². The van der Waals surface area contributed by atoms with Crippen LogP contribution < -0.4 is 5.73 Å². The van der Waals surface area contributed by atoms with Gasteiger partial charge in [0, 0.05) is 5.92 Å². The molecule has 1 aromatic rings. The van der Waals surface area contributed by atoms with Gasteiger partial charge in [0.2, 0.25) is 0 Å². The van der Waals surface area contributed by atoms with Crippen molar-refractivity contribution in [2.45, 2.75) is 66.2 Å². The molecule has 136 valence electrons. The van der Waals surface area contributed by atoms with E-state index in [1.165, 1.54) is 0 Å². The maximum Gasteiger partial charge on any atom is 0.157 e. The van der Waals surface area contributed by atoms with Crippen LogP contribution in [0.3, 0.4) is 0 Å². The van der Waals surface area contributed by atoms with Gasteiger partial charge in [0.1, 0.15) is 5.82 Å². The molecule has 3 nitrogen and oxygen atoms in total. The Bertz CT molecular complexity index is 517. The van der Waals surface area contributed by atoms with Gasteiger partial charge in [0.05, 0.1) is 5.04 Å². The molecular weight excluding hydrogens is 321 g/mol. The van der Waals surface area contributed by atoms with Gasteiger partial charge in [-0.25, -0.2) is 4.39 Å². The summed E-state index contributed by atoms with van der Waals surface area (Å²) in [5, 5.41) is 15.5. The maximum atomic E-state index is 12.8. The molecule has 1 rings (SSSR count). The van der Waals surface area contributed by atoms with E-state index in [0.717, 1.165) is 61.4 Å². The van der Waals surface area contributed by atoms with Crippen molar-refractivity contribution < 1.29 is 4.39 Å². The van der Waals surface area contributed by atoms with Crippen molar-refractivity contribution in [1.82, 2.24) is 0 Å². The van der Waals surface area contributed by atoms with Gasteiger partial charge in [-0.2, -0.15) is 0 Å². The predicted octanol–water partition coefficient (Wildman–Crippen LogP) is 5.89. The van der Waals surface area contributed by atoms with E-state index in [-0.39, 0.29) is 11.0 Å². The van der Waals surface area contributed by atoms with Crippen molar-refractivity contribution >= 4 is 22.0 Å². The molecule has 5 heteroatoms. The number of hydrogen-bond acceptors (Lipinski definition) is 3. The molecule has 0 bridgehead atoms. The second-order valence-corrected chi connectivity index (χ2v) is 6.98. The Balaban J connectivity index is 0.000000463. The third kappa shape index (κ3) is 9.71. The van der Waals surface area contributed by atoms with E-state index in [2.05, 4.69) is 13.8 Å². The Morgan fingerprint density at radius 3 is 2.29 bits per heavy atom. The van der Waals surface area contributed by atoms with E-state index >= 15 is 0 Å². The van der Waals surface area contributed by atoms with Gasteiger partial charge in [-0.3, -0.25) is 10.8 Å². The average Bonchev–Trinajstić information content (AvgIpc) is 2.54. The summed E-state index contributed by atoms with van der Waals surface area (Å²) in [5.41, 5.74) is 7.04. The predicted molar refractivity (Wildman–Crippen MR) is 106 cm³/mol. The van der Waals surface area contributed by atoms with Crippen molar-refractivity contribution in [3.63, 3.8) is 0 Å². The minimum Gasteiger partial charge on any atom is -0.378 e. The Labute approximate surface area is 150 Å². The average molecular weight is 354 g/mol. The van der Waals surface area contributed by atoms with Gasteiger partial charge in [-0.1, -0.05) is 52.2 Å². The van der Waals surface area contributed by atoms with Crippen LogP contribution in [0.5, 0.6) is 0 Å². The Morgan fingerprint density at radius 2 is 1.83 bits per heavy atom. The molecule has 0 saturated carbocycles. The molecule has 0 aliphatic rings. The fourth-order valence-corrected chi connectivity index (χ4v) is 2.90. The fraction of sp³-hybridized carbons (Fsp3) is 0.579. The summed E-state index contributed by atoms with van der Waals surface area (Å²) in [5.74, 6) is 0.216. The largest absolute Gasteiger partial charge is 0.378 e. The minimum absolute atomic E-state index is 0.0348. The molecule has 0 amide bonds. The molecule has 0 aromatic heterocycles. The molecule has 1 aromatic carbocycles. The van der Waals surface area contributed by atoms with Crippen LogP contribution in [0.1, 0.15) is 64.0 Å². The topological polar surface area (TPSA) is 73.7 Å². The molecular formula is C19H32FN3S. The number of unbranched alkanes of at least 4 members (excludes halogenated alkanes) is 1. The first-order valence-corrected chi connectivity index (χ1v) is 9.52. The van der Waals surface area contributed by atoms with Crippen LogP contribution in [-0.4, -0.2) is 10.2 Å². The zero-order valence-electron chi connectivity index (χ0n) is 15.4. The highest BCUT2D eigenvalue weighted by Gasteiger charge is 2.14. The van der Waals surface area contributed by atoms with Gasteiger partial charge < -0.3 is 5.73 Å². The number of benzene rings is 1. The Hall–Kier alpha value is -1.36. The van der Waals surface area contributed by atoms with Crippen molar-refractivity contribution in [2.24, 2.45) is 11.7 Å². The number of hydrogen-bond donors (Lipinski definition) is 3. The smallest absolute Gasteiger partial charge is 0.157 e. The molecule has 1 atom stereocenters. The van der Waals surface area contributed by atoms with Crippen molar-refractivity contribution in [3.05, 3.63) is 35.1 Å². The molecule has 0 radical (unpaired) electrons. The summed E-state index contributed by atoms with van der Waals surface area (Å²) in [6.45, 7) is 8.08. The van der Waals surface area contributed by atoms with Gasteiger partial charge in [0.15, 0.2) is 5.17 Å². The first-order chi connectivity index (χ1) is 11.3. The summed E-state index contributed by atoms with van der Waals surface area (Å²) < 4.78 is 12.8. The van der Waals surface area contributed by atoms with Crippen LogP contribution in [0, 0.1) is 29.5 Å². The van der Waals surface area contributed by atoms with E-state index in [0.29, 0.717) is 11.0 Å². The third-order valence-corrected chi connectivity index (χ3v) is 4.55. The molecule has 0 heterocycles. The molecule has 0 aliphatic heterocycles. The lowest BCUT2D eigenvalue weighted by Crippen LogP contribution is -2.15. The van der Waals surface area contributed by atoms with E-state index in [4.69, 9.17) is 16.6 Å². The second-order valence-electron chi connectivity index (χ2n) is 5.90. The monoisotopic (exact) mass is 353 g/mol. The summed E-state index contributed by atoms with van der Waals surface area (Å²) in [6, 6.07) is 5.36. The molecule has 0 spiro atoms. The Kier molecular flexibility index (Phi) is 12.3. The highest BCUT2D eigenvalue weighted by molar-refractivity contribution is 8.26. The van der Waals surface area contributed by atoms with Crippen LogP contribution in [0.25, 0.3) is 0 Å². The van der Waals surface area contributed by atoms with Crippen LogP contribution in [-0.2, 0) is 6.42 Å². The lowest BCUT2D eigenvalue weighted by molar-refractivity contribution is 0.542. The summed E-state index contributed by atoms with van der Waals surface area (Å²) >= 11 is 1.10. The highest BCUT2D eigenvalue weighted by atomic mass is 32.2. The third-order valence-electron chi connectivity index (χ3n) is 3.78. The molecule has 0 saturated heterocycles. The number of nitrogens with two attached hydrogens (primary N) is 1. The van der Waals surface area contributed by atoms with Crippen molar-refractivity contribution in [2.75, 3.05) is 0 Å². The van der Waals surface area contributed by atoms with E-state index in [1.54, 1.807) is 13.0 Å². The molecule has 24 heavy (non-hydrogen) atoms. The van der Waals surface area contributed by atoms with E-state index in [1.807, 2.05) is 19.1 Å². The van der Waals surface area contributed by atoms with Crippen molar-refractivity contribution in [1.29, 1.82) is 10.8 Å². The summed E-state index contributed by atoms with van der Waals surface area (Å²) in [7, 11) is 0. The maximum absolute atomic E-state index is 12.8. The van der Waals surface area contributed by atoms with Gasteiger partial charge >= 0.3 is 0 Å². The lowest BCUT2D eigenvalue weighted by atomic mass is 9.98. The van der Waals surface area contributed by atoms with Crippen molar-refractivity contribution in [3.8, 4) is 0 Å². The zero-order valence-corrected chi connectivity index (χ0v) is 16.2. The number of amidine groups is 1. The first-order valence-electron chi connectivity index (χ1n) is 8.70. The molecule has 1 unspecified atom stereocenters. The minimum atomic E-state index is -0.0978. The van der Waals surface area contributed by atoms with E-state index < -0.39 is 0 Å². The number of rotatable bonds is 7. The van der Waals surface area contributed by atoms with Gasteiger partial charge in [-0.05, 0) is 55.1 Å². The van der Waals surface area contributed by atoms with Gasteiger partial charge in [-0.15, -0.1) is 0 Å². The lowest BCUT2D eigenvalue weighted by Gasteiger charge is -2.15. The first kappa shape index (κ1) is 22.6. The SMILES string of the molecule is CCCCC(CCC)C(=N)SC(=N)N.CCc1ccc(C)c(F)c1. The summed E-state index contributed by atoms with van der Waals surface area (Å²) in [6.07, 6.45) is 6.42. The van der Waals surface area contributed by atoms with Gasteiger partial charge in [0.25, 0.3) is 0 Å². The summed E-state index contributed by atoms with van der Waals surface area (Å²) in [4.78, 5) is 0. The van der Waals surface area contributed by atoms with E-state index in [9.17, 15) is 4.39 Å². The van der Waals surface area contributed by atoms with Crippen LogP contribution in [0.2, 0.25) is 0 Å². The standard InChI is InChI=1S/C10H21N3S.C9H11F/c1-3-5-7-8(6-4-2)9(11)14-10(12)13;1-3-8-5-4-7(2)9(10)6-8/h8,11H,3-7H2,1-2H3,(H3,12,13);4-6H,3H2,1-2H3. The molecule has 0 fully saturated rings. The van der Waals surface area contributed by atoms with Crippen LogP contribution in [0.4, 0.5) is 4.39 Å². The zero-order chi connectivity index (χ0) is 18.5. The number of halogens is 1. The fourth-order valence-electron chi connectivity index (χ4n) is 2.26. The number of aryl methyl sites for hydroxylation is 2. The van der Waals surface area contributed by atoms with Crippen LogP contribution in [0.15, 0.2) is 18.2 Å². The Morgan fingerprint density at radius 1 is 1.17 bits per heavy atom. The normalized spacial score (nSPS) is 11.4. The number of thioether (sulfide) groups is 1.